The number of hydrogen-bond donors (Lipinski definition) is 12. The van der Waals surface area contributed by atoms with Crippen molar-refractivity contribution in [1.29, 1.82) is 0 Å². The zero-order valence-electron chi connectivity index (χ0n) is 51.9. The number of nitrogens with zero attached hydrogens (tertiary/aromatic N) is 13. The zero-order valence-corrected chi connectivity index (χ0v) is 51.9. The molecule has 3 heterocycles. The van der Waals surface area contributed by atoms with Gasteiger partial charge >= 0.3 is 53.7 Å². The molecule has 0 aromatic rings. The number of hydrogen-bond acceptors (Lipinski definition) is 25. The number of rotatable bonds is 33. The molecule has 0 unspecified atom stereocenters. The molecule has 0 radical (unpaired) electrons. The highest BCUT2D eigenvalue weighted by atomic mass is 16.4. The molecule has 3 aliphatic rings. The first-order valence-electron chi connectivity index (χ1n) is 30.3. The largest absolute Gasteiger partial charge is 0.480 e. The molecule has 3 aliphatic heterocycles. The molecular formula is C54H96N16O21. The molecule has 0 saturated carbocycles. The van der Waals surface area contributed by atoms with E-state index in [1.165, 1.54) is 0 Å². The maximum atomic E-state index is 13.7. The van der Waals surface area contributed by atoms with Crippen molar-refractivity contribution >= 4 is 71.4 Å². The van der Waals surface area contributed by atoms with E-state index in [1.54, 1.807) is 58.8 Å². The summed E-state index contributed by atoms with van der Waals surface area (Å²) >= 11 is 0. The van der Waals surface area contributed by atoms with Gasteiger partial charge in [-0.3, -0.25) is 121 Å². The van der Waals surface area contributed by atoms with E-state index in [4.69, 9.17) is 0 Å². The van der Waals surface area contributed by atoms with Crippen LogP contribution in [-0.4, -0.2) is 456 Å². The molecule has 0 aromatic carbocycles. The zero-order chi connectivity index (χ0) is 67.3. The number of nitrogens with one attached hydrogen (secondary N) is 3. The molecule has 3 amide bonds. The molecule has 3 rings (SSSR count). The molecule has 12 N–H and O–H groups in total. The Kier molecular flexibility index (Phi) is 37.7. The number of carbonyl (C=O) groups is 12. The van der Waals surface area contributed by atoms with E-state index in [1.807, 2.05) is 4.90 Å². The first-order valence-corrected chi connectivity index (χ1v) is 30.3. The molecule has 0 aliphatic carbocycles. The quantitative estimate of drug-likeness (QED) is 0.0290. The first kappa shape index (κ1) is 78.4. The van der Waals surface area contributed by atoms with Crippen molar-refractivity contribution in [2.24, 2.45) is 0 Å². The van der Waals surface area contributed by atoms with Gasteiger partial charge in [-0.05, 0) is 0 Å². The third-order valence-corrected chi connectivity index (χ3v) is 15.4. The summed E-state index contributed by atoms with van der Waals surface area (Å²) in [5.74, 6) is -11.2. The van der Waals surface area contributed by atoms with Gasteiger partial charge in [-0.1, -0.05) is 0 Å². The summed E-state index contributed by atoms with van der Waals surface area (Å²) in [5.41, 5.74) is 0. The Bertz CT molecular complexity index is 2010. The van der Waals surface area contributed by atoms with Crippen LogP contribution in [0.2, 0.25) is 0 Å². The van der Waals surface area contributed by atoms with Crippen molar-refractivity contribution in [3.8, 4) is 0 Å². The Hall–Kier alpha value is -6.88. The summed E-state index contributed by atoms with van der Waals surface area (Å²) in [6.45, 7) is 1.68. The van der Waals surface area contributed by atoms with Crippen LogP contribution in [0, 0.1) is 0 Å². The minimum atomic E-state index is -1.11. The number of carboxylic acids is 9. The summed E-state index contributed by atoms with van der Waals surface area (Å²) in [6, 6.07) is 0. The van der Waals surface area contributed by atoms with E-state index in [9.17, 15) is 103 Å². The minimum absolute atomic E-state index is 0.0628. The minimum Gasteiger partial charge on any atom is -0.480 e. The maximum absolute atomic E-state index is 13.7. The average molecular weight is 1310 g/mol. The molecule has 3 fully saturated rings. The maximum Gasteiger partial charge on any atom is 0.317 e. The van der Waals surface area contributed by atoms with E-state index in [0.29, 0.717) is 0 Å². The number of aliphatic carboxylic acids is 9. The van der Waals surface area contributed by atoms with Gasteiger partial charge in [0.2, 0.25) is 17.7 Å². The fourth-order valence-corrected chi connectivity index (χ4v) is 10.5. The second-order valence-corrected chi connectivity index (χ2v) is 22.7. The van der Waals surface area contributed by atoms with Crippen LogP contribution in [0.15, 0.2) is 0 Å². The predicted molar refractivity (Wildman–Crippen MR) is 321 cm³/mol. The van der Waals surface area contributed by atoms with Crippen LogP contribution in [-0.2, 0) is 57.5 Å². The van der Waals surface area contributed by atoms with Gasteiger partial charge in [-0.2, -0.15) is 0 Å². The number of carboxylic acid groups (broad SMARTS) is 9. The van der Waals surface area contributed by atoms with Crippen LogP contribution in [0.4, 0.5) is 0 Å². The average Bonchev–Trinajstić information content (AvgIpc) is 3.65. The lowest BCUT2D eigenvalue weighted by Crippen LogP contribution is -2.51. The SMILES string of the molecule is O=C(O)CN1CCN(CC(=O)O)CCN(CC(=O)NCCN(CCNC(=O)CN2CCN(CC(=O)O)CCN(CC(=O)O)CCN(CC(=O)O)CC2)CCNC(=O)CN2CCN(CC(=O)O)CCN(CC(=O)O)CCN(CC(=O)O)CC2)CCN(CC(=O)O)CC1. The highest BCUT2D eigenvalue weighted by Crippen LogP contribution is 2.06. The third kappa shape index (κ3) is 38.5. The van der Waals surface area contributed by atoms with Crippen LogP contribution in [0.5, 0.6) is 0 Å². The van der Waals surface area contributed by atoms with Crippen LogP contribution >= 0.6 is 0 Å². The van der Waals surface area contributed by atoms with Gasteiger partial charge in [0.05, 0.1) is 78.5 Å². The standard InChI is InChI=1S/C54H96N16O21/c71-43(31-59-7-13-62(34-46(74)75)19-25-68(40-52(86)87)26-20-63(14-8-59)35-47(76)77)55-1-4-58(5-2-56-44(72)32-60-9-15-64(36-48(78)79)21-27-69(41-53(88)89)28-22-65(16-10-60)37-49(80)81)6-3-57-45(73)33-61-11-17-66(38-50(82)83)23-29-70(42-54(90)91)30-24-67(18-12-61)39-51(84)85/h1-42H2,(H,55,71)(H,56,72)(H,57,73)(H,74,75)(H,76,77)(H,78,79)(H,80,81)(H,82,83)(H,84,85)(H,86,87)(H,88,89)(H,90,91). The third-order valence-electron chi connectivity index (χ3n) is 15.4. The van der Waals surface area contributed by atoms with Crippen LogP contribution in [0.3, 0.4) is 0 Å². The van der Waals surface area contributed by atoms with Crippen molar-refractivity contribution in [2.45, 2.75) is 0 Å². The topological polar surface area (TPSA) is 465 Å². The second kappa shape index (κ2) is 43.8. The second-order valence-electron chi connectivity index (χ2n) is 22.7. The van der Waals surface area contributed by atoms with Crippen molar-refractivity contribution < 1.29 is 103 Å². The Morgan fingerprint density at radius 2 is 0.319 bits per heavy atom. The smallest absolute Gasteiger partial charge is 0.317 e. The van der Waals surface area contributed by atoms with Crippen molar-refractivity contribution in [3.05, 3.63) is 0 Å². The molecule has 37 nitrogen and oxygen atoms in total. The normalized spacial score (nSPS) is 19.2. The van der Waals surface area contributed by atoms with Crippen LogP contribution in [0.25, 0.3) is 0 Å². The fourth-order valence-electron chi connectivity index (χ4n) is 10.5. The summed E-state index contributed by atoms with van der Waals surface area (Å²) in [7, 11) is 0. The van der Waals surface area contributed by atoms with Gasteiger partial charge in [0, 0.05) is 196 Å². The monoisotopic (exact) mass is 1300 g/mol. The molecule has 3 saturated heterocycles. The van der Waals surface area contributed by atoms with Crippen LogP contribution < -0.4 is 16.0 Å². The summed E-state index contributed by atoms with van der Waals surface area (Å²) in [6.07, 6.45) is 0. The van der Waals surface area contributed by atoms with Gasteiger partial charge in [-0.25, -0.2) is 0 Å². The Morgan fingerprint density at radius 1 is 0.209 bits per heavy atom. The van der Waals surface area contributed by atoms with Gasteiger partial charge in [0.25, 0.3) is 0 Å². The lowest BCUT2D eigenvalue weighted by molar-refractivity contribution is -0.140. The lowest BCUT2D eigenvalue weighted by Gasteiger charge is -2.33. The van der Waals surface area contributed by atoms with Gasteiger partial charge in [-0.15, -0.1) is 0 Å². The van der Waals surface area contributed by atoms with E-state index >= 15 is 0 Å². The van der Waals surface area contributed by atoms with E-state index in [-0.39, 0.29) is 275 Å². The highest BCUT2D eigenvalue weighted by Gasteiger charge is 2.26. The first-order chi connectivity index (χ1) is 43.2. The van der Waals surface area contributed by atoms with Gasteiger partial charge in [0.1, 0.15) is 0 Å². The van der Waals surface area contributed by atoms with Crippen molar-refractivity contribution in [1.82, 2.24) is 79.6 Å². The Labute approximate surface area is 528 Å². The molecule has 0 atom stereocenters. The Balaban J connectivity index is 1.80. The molecule has 0 bridgehead atoms. The number of carbonyl (C=O) groups excluding carboxylic acids is 3. The van der Waals surface area contributed by atoms with Gasteiger partial charge < -0.3 is 61.9 Å². The highest BCUT2D eigenvalue weighted by molar-refractivity contribution is 5.79. The van der Waals surface area contributed by atoms with Crippen LogP contribution in [0.1, 0.15) is 0 Å². The summed E-state index contributed by atoms with van der Waals surface area (Å²) in [4.78, 5) is 169. The lowest BCUT2D eigenvalue weighted by atomic mass is 10.3. The molecule has 518 valence electrons. The predicted octanol–water partition coefficient (Wildman–Crippen LogP) is -8.94. The molecule has 0 aromatic heterocycles. The van der Waals surface area contributed by atoms with E-state index in [2.05, 4.69) is 16.0 Å². The van der Waals surface area contributed by atoms with Crippen molar-refractivity contribution in [2.75, 3.05) is 275 Å². The summed E-state index contributed by atoms with van der Waals surface area (Å²) in [5, 5.41) is 95.2. The molecule has 91 heavy (non-hydrogen) atoms. The summed E-state index contributed by atoms with van der Waals surface area (Å²) < 4.78 is 0. The molecular weight excluding hydrogens is 1210 g/mol. The molecule has 0 spiro atoms. The fraction of sp³-hybridized carbons (Fsp3) is 0.778. The number of amides is 3. The van der Waals surface area contributed by atoms with E-state index in [0.717, 1.165) is 0 Å². The van der Waals surface area contributed by atoms with Crippen molar-refractivity contribution in [3.63, 3.8) is 0 Å². The van der Waals surface area contributed by atoms with E-state index < -0.39 is 71.4 Å². The molecule has 37 heteroatoms. The Morgan fingerprint density at radius 3 is 0.429 bits per heavy atom. The van der Waals surface area contributed by atoms with Gasteiger partial charge in [0.15, 0.2) is 0 Å².